The minimum Gasteiger partial charge on any atom is -0.327 e. The van der Waals surface area contributed by atoms with Gasteiger partial charge in [0.1, 0.15) is 7.28 Å². The molecule has 2 saturated heterocycles. The molecule has 2 aliphatic heterocycles. The molecular formula is C15H25BNOS. The van der Waals surface area contributed by atoms with Gasteiger partial charge in [-0.2, -0.15) is 0 Å². The molecule has 0 bridgehead atoms. The Bertz CT molecular complexity index is 413. The molecule has 4 atom stereocenters. The molecule has 1 amide bonds. The van der Waals surface area contributed by atoms with E-state index in [-0.39, 0.29) is 0 Å². The largest absolute Gasteiger partial charge is 0.327 e. The van der Waals surface area contributed by atoms with Crippen molar-refractivity contribution in [1.82, 2.24) is 4.90 Å². The maximum absolute atomic E-state index is 12.2. The van der Waals surface area contributed by atoms with E-state index in [4.69, 9.17) is 0 Å². The summed E-state index contributed by atoms with van der Waals surface area (Å²) in [6.45, 7) is 11.4. The zero-order valence-electron chi connectivity index (χ0n) is 12.8. The predicted octanol–water partition coefficient (Wildman–Crippen LogP) is 4.20. The van der Waals surface area contributed by atoms with E-state index < -0.39 is 0 Å². The van der Waals surface area contributed by atoms with E-state index >= 15 is 0 Å². The van der Waals surface area contributed by atoms with Gasteiger partial charge in [-0.05, 0) is 32.6 Å². The van der Waals surface area contributed by atoms with Crippen molar-refractivity contribution in [3.8, 4) is 0 Å². The lowest BCUT2D eigenvalue weighted by molar-refractivity contribution is 0.179. The van der Waals surface area contributed by atoms with E-state index in [1.54, 1.807) is 11.8 Å². The lowest BCUT2D eigenvalue weighted by Gasteiger charge is -2.30. The number of nitrogens with zero attached hydrogens (tertiary/aromatic N) is 1. The van der Waals surface area contributed by atoms with Crippen molar-refractivity contribution in [2.24, 2.45) is 5.92 Å². The molecule has 3 aliphatic rings. The van der Waals surface area contributed by atoms with E-state index in [0.29, 0.717) is 33.2 Å². The highest BCUT2D eigenvalue weighted by atomic mass is 32.2. The van der Waals surface area contributed by atoms with Crippen molar-refractivity contribution in [3.05, 3.63) is 0 Å². The average molecular weight is 278 g/mol. The third-order valence-electron chi connectivity index (χ3n) is 5.87. The predicted molar refractivity (Wildman–Crippen MR) is 83.0 cm³/mol. The third-order valence-corrected chi connectivity index (χ3v) is 7.07. The molecule has 0 N–H and O–H groups in total. The van der Waals surface area contributed by atoms with Crippen LogP contribution in [0.25, 0.3) is 0 Å². The van der Waals surface area contributed by atoms with Gasteiger partial charge < -0.3 is 4.90 Å². The summed E-state index contributed by atoms with van der Waals surface area (Å²) < 4.78 is 0. The first-order valence-electron chi connectivity index (χ1n) is 7.67. The Hall–Kier alpha value is -0.115. The maximum atomic E-state index is 12.2. The summed E-state index contributed by atoms with van der Waals surface area (Å²) >= 11 is 1.61. The van der Waals surface area contributed by atoms with Crippen LogP contribution < -0.4 is 0 Å². The minimum atomic E-state index is 0.311. The highest BCUT2D eigenvalue weighted by Crippen LogP contribution is 2.79. The highest BCUT2D eigenvalue weighted by molar-refractivity contribution is 8.14. The van der Waals surface area contributed by atoms with E-state index in [9.17, 15) is 4.79 Å². The molecule has 105 valence electrons. The molecule has 0 aromatic carbocycles. The lowest BCUT2D eigenvalue weighted by Crippen LogP contribution is -2.41. The van der Waals surface area contributed by atoms with Gasteiger partial charge in [0.05, 0.1) is 0 Å². The zero-order valence-corrected chi connectivity index (χ0v) is 13.6. The van der Waals surface area contributed by atoms with E-state index in [1.165, 1.54) is 19.3 Å². The first-order valence-corrected chi connectivity index (χ1v) is 8.55. The molecule has 3 fully saturated rings. The molecule has 2 nitrogen and oxygen atoms in total. The van der Waals surface area contributed by atoms with Crippen LogP contribution in [0.1, 0.15) is 53.9 Å². The Balaban J connectivity index is 1.85. The summed E-state index contributed by atoms with van der Waals surface area (Å²) in [7, 11) is 2.59. The van der Waals surface area contributed by atoms with Gasteiger partial charge in [-0.1, -0.05) is 49.6 Å². The van der Waals surface area contributed by atoms with Crippen molar-refractivity contribution < 1.29 is 4.79 Å². The molecule has 3 rings (SSSR count). The standard InChI is InChI=1S/C15H25BNOS/c1-9(2)15-7-6-11-12(8-14(15,5)16-15)19-13(18)17(11)10(3)4/h9-12H,6-8H2,1-5H3. The summed E-state index contributed by atoms with van der Waals surface area (Å²) in [5.41, 5.74) is 0. The summed E-state index contributed by atoms with van der Waals surface area (Å²) in [6, 6.07) is 0.822. The Morgan fingerprint density at radius 3 is 2.63 bits per heavy atom. The molecule has 2 heterocycles. The van der Waals surface area contributed by atoms with Crippen molar-refractivity contribution in [3.63, 3.8) is 0 Å². The van der Waals surface area contributed by atoms with Gasteiger partial charge in [-0.15, -0.1) is 0 Å². The Labute approximate surface area is 122 Å². The topological polar surface area (TPSA) is 20.3 Å². The Kier molecular flexibility index (Phi) is 3.05. The van der Waals surface area contributed by atoms with Crippen LogP contribution in [-0.2, 0) is 0 Å². The lowest BCUT2D eigenvalue weighted by atomic mass is 9.74. The van der Waals surface area contributed by atoms with Crippen LogP contribution in [0.5, 0.6) is 0 Å². The molecule has 0 aromatic heterocycles. The van der Waals surface area contributed by atoms with E-state index in [0.717, 1.165) is 5.92 Å². The number of amides is 1. The molecular weight excluding hydrogens is 253 g/mol. The van der Waals surface area contributed by atoms with Gasteiger partial charge in [0.2, 0.25) is 0 Å². The minimum absolute atomic E-state index is 0.311. The van der Waals surface area contributed by atoms with E-state index in [2.05, 4.69) is 46.8 Å². The van der Waals surface area contributed by atoms with Crippen molar-refractivity contribution in [2.45, 2.75) is 81.8 Å². The number of thioether (sulfide) groups is 1. The second-order valence-electron chi connectivity index (χ2n) is 7.49. The number of fused-ring (bicyclic) bond motifs is 2. The fraction of sp³-hybridized carbons (Fsp3) is 0.933. The molecule has 1 aliphatic carbocycles. The smallest absolute Gasteiger partial charge is 0.282 e. The number of carbonyl (C=O) groups excluding carboxylic acids is 1. The molecule has 0 spiro atoms. The summed E-state index contributed by atoms with van der Waals surface area (Å²) in [5.74, 6) is 0.726. The number of hydrogen-bond donors (Lipinski definition) is 0. The highest BCUT2D eigenvalue weighted by Gasteiger charge is 2.68. The van der Waals surface area contributed by atoms with Crippen LogP contribution in [0.3, 0.4) is 0 Å². The first kappa shape index (κ1) is 13.8. The van der Waals surface area contributed by atoms with Crippen molar-refractivity contribution in [2.75, 3.05) is 0 Å². The zero-order chi connectivity index (χ0) is 14.0. The van der Waals surface area contributed by atoms with Crippen LogP contribution in [0.4, 0.5) is 4.79 Å². The maximum Gasteiger partial charge on any atom is 0.282 e. The first-order chi connectivity index (χ1) is 8.81. The number of rotatable bonds is 2. The van der Waals surface area contributed by atoms with Gasteiger partial charge >= 0.3 is 0 Å². The second kappa shape index (κ2) is 4.19. The van der Waals surface area contributed by atoms with Crippen LogP contribution in [-0.4, -0.2) is 34.8 Å². The van der Waals surface area contributed by atoms with Crippen LogP contribution in [0, 0.1) is 5.92 Å². The van der Waals surface area contributed by atoms with Crippen molar-refractivity contribution in [1.29, 1.82) is 0 Å². The fourth-order valence-electron chi connectivity index (χ4n) is 4.74. The SMILES string of the molecule is CC(C)N1C(=O)SC2CC3(C)[B]C3(C(C)C)CCC21. The van der Waals surface area contributed by atoms with Crippen LogP contribution >= 0.6 is 11.8 Å². The van der Waals surface area contributed by atoms with Gasteiger partial charge in [0.25, 0.3) is 5.24 Å². The number of hydrogen-bond acceptors (Lipinski definition) is 2. The molecule has 1 saturated carbocycles. The monoisotopic (exact) mass is 278 g/mol. The molecule has 0 aromatic rings. The Morgan fingerprint density at radius 2 is 2.05 bits per heavy atom. The summed E-state index contributed by atoms with van der Waals surface area (Å²) in [6.07, 6.45) is 3.64. The van der Waals surface area contributed by atoms with Gasteiger partial charge in [-0.3, -0.25) is 4.79 Å². The van der Waals surface area contributed by atoms with Crippen molar-refractivity contribution >= 4 is 24.3 Å². The average Bonchev–Trinajstić information content (AvgIpc) is 2.78. The summed E-state index contributed by atoms with van der Waals surface area (Å²) in [5, 5.41) is 1.65. The molecule has 4 heteroatoms. The van der Waals surface area contributed by atoms with Crippen LogP contribution in [0.2, 0.25) is 10.6 Å². The number of carbonyl (C=O) groups is 1. The van der Waals surface area contributed by atoms with Crippen LogP contribution in [0.15, 0.2) is 0 Å². The molecule has 1 radical (unpaired) electrons. The van der Waals surface area contributed by atoms with E-state index in [1.807, 2.05) is 0 Å². The molecule has 19 heavy (non-hydrogen) atoms. The Morgan fingerprint density at radius 1 is 1.37 bits per heavy atom. The quantitative estimate of drug-likeness (QED) is 0.706. The van der Waals surface area contributed by atoms with Gasteiger partial charge in [-0.25, -0.2) is 0 Å². The van der Waals surface area contributed by atoms with Gasteiger partial charge in [0, 0.05) is 17.3 Å². The second-order valence-corrected chi connectivity index (χ2v) is 8.68. The van der Waals surface area contributed by atoms with Gasteiger partial charge in [0.15, 0.2) is 0 Å². The summed E-state index contributed by atoms with van der Waals surface area (Å²) in [4.78, 5) is 14.4. The fourth-order valence-corrected chi connectivity index (χ4v) is 6.32. The normalized spacial score (nSPS) is 45.0. The third kappa shape index (κ3) is 1.81. The molecule has 4 unspecified atom stereocenters.